The first kappa shape index (κ1) is 7.63. The molecule has 0 N–H and O–H groups in total. The van der Waals surface area contributed by atoms with Gasteiger partial charge in [-0.1, -0.05) is 6.92 Å². The number of ketones is 1. The molecule has 0 aliphatic heterocycles. The third kappa shape index (κ3) is 2.07. The quantitative estimate of drug-likeness (QED) is 0.550. The lowest BCUT2D eigenvalue weighted by Gasteiger charge is -2.06. The lowest BCUT2D eigenvalue weighted by Crippen LogP contribution is -2.18. The third-order valence-corrected chi connectivity index (χ3v) is 1.11. The summed E-state index contributed by atoms with van der Waals surface area (Å²) in [5, 5.41) is 0. The van der Waals surface area contributed by atoms with E-state index in [1.54, 1.807) is 7.11 Å². The van der Waals surface area contributed by atoms with Gasteiger partial charge in [0.15, 0.2) is 5.78 Å². The molecule has 0 aromatic carbocycles. The first-order valence-corrected chi connectivity index (χ1v) is 2.75. The van der Waals surface area contributed by atoms with Crippen LogP contribution in [0.15, 0.2) is 0 Å². The molecule has 0 aromatic rings. The van der Waals surface area contributed by atoms with Gasteiger partial charge in [0, 0.05) is 7.11 Å². The third-order valence-electron chi connectivity index (χ3n) is 1.11. The molecule has 2 nitrogen and oxygen atoms in total. The Labute approximate surface area is 49.8 Å². The molecule has 0 saturated heterocycles. The van der Waals surface area contributed by atoms with Gasteiger partial charge in [-0.25, -0.2) is 0 Å². The van der Waals surface area contributed by atoms with Crippen molar-refractivity contribution < 1.29 is 9.53 Å². The first-order chi connectivity index (χ1) is 3.72. The Morgan fingerprint density at radius 2 is 2.25 bits per heavy atom. The summed E-state index contributed by atoms with van der Waals surface area (Å²) in [5.41, 5.74) is 0. The van der Waals surface area contributed by atoms with Crippen LogP contribution in [-0.4, -0.2) is 19.0 Å². The number of hydrogen-bond acceptors (Lipinski definition) is 2. The minimum Gasteiger partial charge on any atom is -0.374 e. The zero-order valence-electron chi connectivity index (χ0n) is 5.60. The Hall–Kier alpha value is -0.370. The highest BCUT2D eigenvalue weighted by atomic mass is 16.5. The molecule has 0 aliphatic rings. The van der Waals surface area contributed by atoms with Crippen molar-refractivity contribution in [3.8, 4) is 0 Å². The molecule has 0 aliphatic carbocycles. The van der Waals surface area contributed by atoms with Crippen LogP contribution in [0.3, 0.4) is 0 Å². The van der Waals surface area contributed by atoms with E-state index in [-0.39, 0.29) is 11.9 Å². The highest BCUT2D eigenvalue weighted by Gasteiger charge is 2.07. The number of ether oxygens (including phenoxy) is 1. The maximum absolute atomic E-state index is 10.5. The van der Waals surface area contributed by atoms with Gasteiger partial charge in [0.2, 0.25) is 0 Å². The maximum atomic E-state index is 10.5. The van der Waals surface area contributed by atoms with Crippen molar-refractivity contribution in [2.75, 3.05) is 7.11 Å². The number of rotatable bonds is 3. The SMILES string of the molecule is CCC(OC)C(C)=O. The van der Waals surface area contributed by atoms with Crippen molar-refractivity contribution in [3.05, 3.63) is 0 Å². The van der Waals surface area contributed by atoms with Gasteiger partial charge in [-0.3, -0.25) is 4.79 Å². The van der Waals surface area contributed by atoms with Gasteiger partial charge in [0.25, 0.3) is 0 Å². The van der Waals surface area contributed by atoms with Crippen LogP contribution in [0.25, 0.3) is 0 Å². The fourth-order valence-electron chi connectivity index (χ4n) is 0.620. The van der Waals surface area contributed by atoms with Gasteiger partial charge < -0.3 is 4.74 Å². The number of hydrogen-bond donors (Lipinski definition) is 0. The molecule has 8 heavy (non-hydrogen) atoms. The summed E-state index contributed by atoms with van der Waals surface area (Å²) in [7, 11) is 1.55. The second-order valence-electron chi connectivity index (χ2n) is 1.74. The van der Waals surface area contributed by atoms with Crippen molar-refractivity contribution in [1.29, 1.82) is 0 Å². The van der Waals surface area contributed by atoms with Gasteiger partial charge >= 0.3 is 0 Å². The predicted octanol–water partition coefficient (Wildman–Crippen LogP) is 1.00. The number of carbonyl (C=O) groups is 1. The molecule has 0 saturated carbocycles. The molecule has 0 amide bonds. The molecule has 0 spiro atoms. The number of Topliss-reactive ketones (excluding diaryl/α,β-unsaturated/α-hetero) is 1. The van der Waals surface area contributed by atoms with E-state index in [4.69, 9.17) is 4.74 Å². The number of methoxy groups -OCH3 is 1. The Morgan fingerprint density at radius 3 is 2.25 bits per heavy atom. The van der Waals surface area contributed by atoms with E-state index in [1.165, 1.54) is 6.92 Å². The largest absolute Gasteiger partial charge is 0.374 e. The second kappa shape index (κ2) is 3.61. The Kier molecular flexibility index (Phi) is 3.44. The number of carbonyl (C=O) groups excluding carboxylic acids is 1. The van der Waals surface area contributed by atoms with E-state index in [9.17, 15) is 4.79 Å². The minimum atomic E-state index is -0.185. The van der Waals surface area contributed by atoms with E-state index in [2.05, 4.69) is 0 Å². The van der Waals surface area contributed by atoms with Gasteiger partial charge in [-0.2, -0.15) is 0 Å². The van der Waals surface area contributed by atoms with E-state index >= 15 is 0 Å². The zero-order valence-corrected chi connectivity index (χ0v) is 5.60. The topological polar surface area (TPSA) is 26.3 Å². The summed E-state index contributed by atoms with van der Waals surface area (Å²) in [6.45, 7) is 3.47. The molecule has 0 rings (SSSR count). The highest BCUT2D eigenvalue weighted by molar-refractivity contribution is 5.80. The second-order valence-corrected chi connectivity index (χ2v) is 1.74. The van der Waals surface area contributed by atoms with Crippen molar-refractivity contribution in [2.24, 2.45) is 0 Å². The van der Waals surface area contributed by atoms with Crippen LogP contribution >= 0.6 is 0 Å². The van der Waals surface area contributed by atoms with Gasteiger partial charge in [-0.15, -0.1) is 0 Å². The van der Waals surface area contributed by atoms with Crippen LogP contribution in [0, 0.1) is 0 Å². The van der Waals surface area contributed by atoms with E-state index in [0.29, 0.717) is 0 Å². The Balaban J connectivity index is 3.52. The summed E-state index contributed by atoms with van der Waals surface area (Å²) in [5.74, 6) is 0.106. The molecule has 0 fully saturated rings. The van der Waals surface area contributed by atoms with Gasteiger partial charge in [-0.05, 0) is 13.3 Å². The van der Waals surface area contributed by atoms with Crippen LogP contribution in [-0.2, 0) is 9.53 Å². The minimum absolute atomic E-state index is 0.106. The summed E-state index contributed by atoms with van der Waals surface area (Å²) >= 11 is 0. The van der Waals surface area contributed by atoms with Crippen LogP contribution in [0.1, 0.15) is 20.3 Å². The molecular formula is C6H12O2. The summed E-state index contributed by atoms with van der Waals surface area (Å²) < 4.78 is 4.81. The monoisotopic (exact) mass is 116 g/mol. The zero-order chi connectivity index (χ0) is 6.57. The molecule has 48 valence electrons. The average molecular weight is 116 g/mol. The predicted molar refractivity (Wildman–Crippen MR) is 31.8 cm³/mol. The molecule has 0 heterocycles. The van der Waals surface area contributed by atoms with Crippen LogP contribution in [0.2, 0.25) is 0 Å². The highest BCUT2D eigenvalue weighted by Crippen LogP contribution is 1.95. The molecular weight excluding hydrogens is 104 g/mol. The summed E-state index contributed by atoms with van der Waals surface area (Å²) in [6, 6.07) is 0. The lowest BCUT2D eigenvalue weighted by molar-refractivity contribution is -0.126. The normalized spacial score (nSPS) is 13.4. The van der Waals surface area contributed by atoms with Crippen LogP contribution in [0.5, 0.6) is 0 Å². The van der Waals surface area contributed by atoms with Crippen molar-refractivity contribution >= 4 is 5.78 Å². The molecule has 1 unspecified atom stereocenters. The van der Waals surface area contributed by atoms with Crippen molar-refractivity contribution in [1.82, 2.24) is 0 Å². The molecule has 0 bridgehead atoms. The van der Waals surface area contributed by atoms with Gasteiger partial charge in [0.1, 0.15) is 6.10 Å². The first-order valence-electron chi connectivity index (χ1n) is 2.75. The smallest absolute Gasteiger partial charge is 0.158 e. The lowest BCUT2D eigenvalue weighted by atomic mass is 10.2. The van der Waals surface area contributed by atoms with Gasteiger partial charge in [0.05, 0.1) is 0 Å². The summed E-state index contributed by atoms with van der Waals surface area (Å²) in [6.07, 6.45) is 0.584. The fraction of sp³-hybridized carbons (Fsp3) is 0.833. The Morgan fingerprint density at radius 1 is 1.75 bits per heavy atom. The molecule has 0 radical (unpaired) electrons. The fourth-order valence-corrected chi connectivity index (χ4v) is 0.620. The standard InChI is InChI=1S/C6H12O2/c1-4-6(8-3)5(2)7/h6H,4H2,1-3H3. The van der Waals surface area contributed by atoms with Crippen molar-refractivity contribution in [2.45, 2.75) is 26.4 Å². The summed E-state index contributed by atoms with van der Waals surface area (Å²) in [4.78, 5) is 10.5. The maximum Gasteiger partial charge on any atom is 0.158 e. The van der Waals surface area contributed by atoms with Crippen LogP contribution < -0.4 is 0 Å². The molecule has 1 atom stereocenters. The van der Waals surface area contributed by atoms with E-state index in [1.807, 2.05) is 6.92 Å². The van der Waals surface area contributed by atoms with E-state index in [0.717, 1.165) is 6.42 Å². The van der Waals surface area contributed by atoms with E-state index < -0.39 is 0 Å². The molecule has 2 heteroatoms. The Bertz CT molecular complexity index is 74.6. The molecule has 0 aromatic heterocycles. The van der Waals surface area contributed by atoms with Crippen molar-refractivity contribution in [3.63, 3.8) is 0 Å². The van der Waals surface area contributed by atoms with Crippen LogP contribution in [0.4, 0.5) is 0 Å². The average Bonchev–Trinajstić information content (AvgIpc) is 1.69.